The van der Waals surface area contributed by atoms with Crippen LogP contribution in [0.2, 0.25) is 0 Å². The van der Waals surface area contributed by atoms with E-state index in [9.17, 15) is 4.79 Å². The minimum atomic E-state index is -0.368. The first-order valence-corrected chi connectivity index (χ1v) is 6.34. The number of esters is 1. The molecule has 2 aliphatic rings. The Balaban J connectivity index is 1.89. The second kappa shape index (κ2) is 4.36. The molecule has 1 heterocycles. The molecule has 1 saturated carbocycles. The zero-order valence-corrected chi connectivity index (χ0v) is 10.7. The number of hydrogen-bond acceptors (Lipinski definition) is 3. The van der Waals surface area contributed by atoms with Crippen molar-refractivity contribution in [1.29, 1.82) is 0 Å². The average molecular weight is 225 g/mol. The molecule has 0 radical (unpaired) electrons. The first-order valence-electron chi connectivity index (χ1n) is 6.34. The molecule has 2 fully saturated rings. The molecule has 0 amide bonds. The Morgan fingerprint density at radius 1 is 1.31 bits per heavy atom. The van der Waals surface area contributed by atoms with Crippen molar-refractivity contribution in [2.45, 2.75) is 33.1 Å². The van der Waals surface area contributed by atoms with E-state index in [1.165, 1.54) is 39.5 Å². The van der Waals surface area contributed by atoms with Crippen LogP contribution in [0.1, 0.15) is 33.1 Å². The predicted octanol–water partition coefficient (Wildman–Crippen LogP) is 1.92. The summed E-state index contributed by atoms with van der Waals surface area (Å²) in [6.07, 6.45) is 4.18. The molecule has 2 rings (SSSR count). The highest BCUT2D eigenvalue weighted by Gasteiger charge is 2.39. The van der Waals surface area contributed by atoms with Crippen molar-refractivity contribution in [3.63, 3.8) is 0 Å². The van der Waals surface area contributed by atoms with E-state index < -0.39 is 0 Å². The molecule has 3 heteroatoms. The number of rotatable bonds is 3. The number of fused-ring (bicyclic) bond motifs is 1. The molecular weight excluding hydrogens is 202 g/mol. The quantitative estimate of drug-likeness (QED) is 0.687. The van der Waals surface area contributed by atoms with Gasteiger partial charge in [-0.2, -0.15) is 0 Å². The SMILES string of the molecule is COC(=O)C(C)(C)CN1CC2CCCC2C1. The first kappa shape index (κ1) is 11.9. The summed E-state index contributed by atoms with van der Waals surface area (Å²) in [5, 5.41) is 0. The monoisotopic (exact) mass is 225 g/mol. The number of likely N-dealkylation sites (tertiary alicyclic amines) is 1. The van der Waals surface area contributed by atoms with Crippen LogP contribution in [0.3, 0.4) is 0 Å². The topological polar surface area (TPSA) is 29.5 Å². The lowest BCUT2D eigenvalue weighted by Gasteiger charge is -2.28. The van der Waals surface area contributed by atoms with Gasteiger partial charge in [0.1, 0.15) is 0 Å². The van der Waals surface area contributed by atoms with Crippen LogP contribution in [-0.2, 0) is 9.53 Å². The van der Waals surface area contributed by atoms with E-state index in [0.717, 1.165) is 18.4 Å². The van der Waals surface area contributed by atoms with Gasteiger partial charge in [0.05, 0.1) is 12.5 Å². The third kappa shape index (κ3) is 2.24. The molecule has 92 valence electrons. The normalized spacial score (nSPS) is 30.4. The van der Waals surface area contributed by atoms with Crippen molar-refractivity contribution < 1.29 is 9.53 Å². The molecular formula is C13H23NO2. The molecule has 1 saturated heterocycles. The van der Waals surface area contributed by atoms with Crippen LogP contribution in [0.25, 0.3) is 0 Å². The van der Waals surface area contributed by atoms with E-state index in [4.69, 9.17) is 4.74 Å². The molecule has 0 aromatic heterocycles. The molecule has 0 spiro atoms. The van der Waals surface area contributed by atoms with Gasteiger partial charge in [0.2, 0.25) is 0 Å². The fraction of sp³-hybridized carbons (Fsp3) is 0.923. The Bertz CT molecular complexity index is 263. The standard InChI is InChI=1S/C13H23NO2/c1-13(2,12(15)16-3)9-14-7-10-5-4-6-11(10)8-14/h10-11H,4-9H2,1-3H3. The second-order valence-corrected chi connectivity index (χ2v) is 6.02. The Morgan fingerprint density at radius 2 is 1.88 bits per heavy atom. The molecule has 2 atom stereocenters. The minimum absolute atomic E-state index is 0.0930. The van der Waals surface area contributed by atoms with Gasteiger partial charge in [-0.3, -0.25) is 4.79 Å². The van der Waals surface area contributed by atoms with Crippen LogP contribution < -0.4 is 0 Å². The summed E-state index contributed by atoms with van der Waals surface area (Å²) in [6.45, 7) is 7.17. The van der Waals surface area contributed by atoms with Gasteiger partial charge >= 0.3 is 5.97 Å². The van der Waals surface area contributed by atoms with Crippen molar-refractivity contribution in [1.82, 2.24) is 4.90 Å². The molecule has 1 aliphatic carbocycles. The van der Waals surface area contributed by atoms with Gasteiger partial charge in [-0.25, -0.2) is 0 Å². The summed E-state index contributed by atoms with van der Waals surface area (Å²) < 4.78 is 4.85. The zero-order valence-electron chi connectivity index (χ0n) is 10.7. The summed E-state index contributed by atoms with van der Waals surface area (Å²) in [5.74, 6) is 1.70. The smallest absolute Gasteiger partial charge is 0.312 e. The molecule has 0 aromatic carbocycles. The van der Waals surface area contributed by atoms with Crippen molar-refractivity contribution in [2.75, 3.05) is 26.7 Å². The Kier molecular flexibility index (Phi) is 3.24. The average Bonchev–Trinajstić information content (AvgIpc) is 2.75. The second-order valence-electron chi connectivity index (χ2n) is 6.02. The highest BCUT2D eigenvalue weighted by atomic mass is 16.5. The van der Waals surface area contributed by atoms with Crippen molar-refractivity contribution in [3.05, 3.63) is 0 Å². The van der Waals surface area contributed by atoms with Crippen LogP contribution in [0.4, 0.5) is 0 Å². The van der Waals surface area contributed by atoms with Crippen LogP contribution in [0.5, 0.6) is 0 Å². The number of carbonyl (C=O) groups is 1. The number of nitrogens with zero attached hydrogens (tertiary/aromatic N) is 1. The zero-order chi connectivity index (χ0) is 11.8. The Hall–Kier alpha value is -0.570. The van der Waals surface area contributed by atoms with Crippen LogP contribution in [0.15, 0.2) is 0 Å². The maximum absolute atomic E-state index is 11.6. The molecule has 16 heavy (non-hydrogen) atoms. The molecule has 0 aromatic rings. The summed E-state index contributed by atoms with van der Waals surface area (Å²) in [7, 11) is 1.47. The van der Waals surface area contributed by atoms with Gasteiger partial charge in [-0.05, 0) is 38.5 Å². The maximum atomic E-state index is 11.6. The van der Waals surface area contributed by atoms with Crippen molar-refractivity contribution in [3.8, 4) is 0 Å². The lowest BCUT2D eigenvalue weighted by atomic mass is 9.93. The molecule has 0 N–H and O–H groups in total. The molecule has 2 unspecified atom stereocenters. The van der Waals surface area contributed by atoms with E-state index in [2.05, 4.69) is 4.90 Å². The minimum Gasteiger partial charge on any atom is -0.469 e. The third-order valence-corrected chi connectivity index (χ3v) is 4.16. The van der Waals surface area contributed by atoms with Gasteiger partial charge in [0, 0.05) is 19.6 Å². The van der Waals surface area contributed by atoms with E-state index in [1.807, 2.05) is 13.8 Å². The highest BCUT2D eigenvalue weighted by Crippen LogP contribution is 2.38. The summed E-state index contributed by atoms with van der Waals surface area (Å²) in [4.78, 5) is 14.1. The Morgan fingerprint density at radius 3 is 2.38 bits per heavy atom. The molecule has 0 bridgehead atoms. The van der Waals surface area contributed by atoms with E-state index in [1.54, 1.807) is 0 Å². The number of carbonyl (C=O) groups excluding carboxylic acids is 1. The maximum Gasteiger partial charge on any atom is 0.312 e. The fourth-order valence-electron chi connectivity index (χ4n) is 3.36. The first-order chi connectivity index (χ1) is 7.53. The molecule has 1 aliphatic heterocycles. The van der Waals surface area contributed by atoms with Gasteiger partial charge in [-0.1, -0.05) is 6.42 Å². The van der Waals surface area contributed by atoms with Crippen molar-refractivity contribution in [2.24, 2.45) is 17.3 Å². The third-order valence-electron chi connectivity index (χ3n) is 4.16. The summed E-state index contributed by atoms with van der Waals surface area (Å²) >= 11 is 0. The predicted molar refractivity (Wildman–Crippen MR) is 63.1 cm³/mol. The summed E-state index contributed by atoms with van der Waals surface area (Å²) in [5.41, 5.74) is -0.368. The Labute approximate surface area is 98.1 Å². The van der Waals surface area contributed by atoms with Gasteiger partial charge in [0.25, 0.3) is 0 Å². The van der Waals surface area contributed by atoms with Crippen LogP contribution in [-0.4, -0.2) is 37.6 Å². The van der Waals surface area contributed by atoms with Crippen LogP contribution >= 0.6 is 0 Å². The number of hydrogen-bond donors (Lipinski definition) is 0. The lowest BCUT2D eigenvalue weighted by Crippen LogP contribution is -2.39. The number of ether oxygens (including phenoxy) is 1. The van der Waals surface area contributed by atoms with Crippen LogP contribution in [0, 0.1) is 17.3 Å². The van der Waals surface area contributed by atoms with Gasteiger partial charge in [-0.15, -0.1) is 0 Å². The largest absolute Gasteiger partial charge is 0.469 e. The highest BCUT2D eigenvalue weighted by molar-refractivity contribution is 5.76. The van der Waals surface area contributed by atoms with Gasteiger partial charge < -0.3 is 9.64 Å². The summed E-state index contributed by atoms with van der Waals surface area (Å²) in [6, 6.07) is 0. The van der Waals surface area contributed by atoms with E-state index in [-0.39, 0.29) is 11.4 Å². The molecule has 3 nitrogen and oxygen atoms in total. The van der Waals surface area contributed by atoms with Gasteiger partial charge in [0.15, 0.2) is 0 Å². The lowest BCUT2D eigenvalue weighted by molar-refractivity contribution is -0.151. The van der Waals surface area contributed by atoms with E-state index in [0.29, 0.717) is 0 Å². The number of methoxy groups -OCH3 is 1. The fourth-order valence-corrected chi connectivity index (χ4v) is 3.36. The van der Waals surface area contributed by atoms with Crippen molar-refractivity contribution >= 4 is 5.97 Å². The van der Waals surface area contributed by atoms with E-state index >= 15 is 0 Å².